The van der Waals surface area contributed by atoms with Gasteiger partial charge < -0.3 is 15.0 Å². The van der Waals surface area contributed by atoms with Gasteiger partial charge in [0.05, 0.1) is 12.8 Å². The monoisotopic (exact) mass is 239 g/mol. The predicted octanol–water partition coefficient (Wildman–Crippen LogP) is 1.67. The van der Waals surface area contributed by atoms with Crippen LogP contribution in [0.15, 0.2) is 18.2 Å². The fourth-order valence-electron chi connectivity index (χ4n) is 1.81. The molecular formula is C11H15BClNO2. The Morgan fingerprint density at radius 1 is 1.62 bits per heavy atom. The van der Waals surface area contributed by atoms with Crippen molar-refractivity contribution in [1.82, 2.24) is 0 Å². The van der Waals surface area contributed by atoms with E-state index in [2.05, 4.69) is 6.92 Å². The Morgan fingerprint density at radius 2 is 2.44 bits per heavy atom. The van der Waals surface area contributed by atoms with Crippen molar-refractivity contribution in [2.45, 2.75) is 32.6 Å². The Labute approximate surface area is 101 Å². The third-order valence-electron chi connectivity index (χ3n) is 2.62. The SMILES string of the molecule is CCCC(N)OB1OCc2cc(Cl)ccc21. The van der Waals surface area contributed by atoms with Crippen LogP contribution in [0.3, 0.4) is 0 Å². The predicted molar refractivity (Wildman–Crippen MR) is 65.6 cm³/mol. The number of hydrogen-bond donors (Lipinski definition) is 1. The number of halogens is 1. The molecule has 2 N–H and O–H groups in total. The highest BCUT2D eigenvalue weighted by molar-refractivity contribution is 6.63. The van der Waals surface area contributed by atoms with Crippen LogP contribution in [-0.2, 0) is 15.9 Å². The Kier molecular flexibility index (Phi) is 3.87. The van der Waals surface area contributed by atoms with Crippen LogP contribution in [0, 0.1) is 0 Å². The Bertz CT molecular complexity index is 375. The van der Waals surface area contributed by atoms with Crippen LogP contribution >= 0.6 is 11.6 Å². The van der Waals surface area contributed by atoms with Gasteiger partial charge in [-0.25, -0.2) is 0 Å². The molecule has 2 rings (SSSR count). The quantitative estimate of drug-likeness (QED) is 0.642. The molecule has 5 heteroatoms. The molecule has 86 valence electrons. The van der Waals surface area contributed by atoms with Crippen LogP contribution in [0.4, 0.5) is 0 Å². The zero-order valence-corrected chi connectivity index (χ0v) is 10.0. The summed E-state index contributed by atoms with van der Waals surface area (Å²) < 4.78 is 11.2. The van der Waals surface area contributed by atoms with Crippen molar-refractivity contribution in [2.75, 3.05) is 0 Å². The number of rotatable bonds is 4. The normalized spacial score (nSPS) is 16.3. The molecule has 0 aliphatic carbocycles. The van der Waals surface area contributed by atoms with Crippen molar-refractivity contribution in [3.63, 3.8) is 0 Å². The molecule has 0 saturated heterocycles. The summed E-state index contributed by atoms with van der Waals surface area (Å²) in [6.45, 7) is 2.62. The van der Waals surface area contributed by atoms with Gasteiger partial charge in [-0.15, -0.1) is 0 Å². The summed E-state index contributed by atoms with van der Waals surface area (Å²) in [5, 5.41) is 0.723. The van der Waals surface area contributed by atoms with Gasteiger partial charge in [-0.05, 0) is 29.6 Å². The first kappa shape index (κ1) is 11.9. The molecule has 1 atom stereocenters. The van der Waals surface area contributed by atoms with Gasteiger partial charge in [-0.2, -0.15) is 0 Å². The lowest BCUT2D eigenvalue weighted by Crippen LogP contribution is -2.39. The average Bonchev–Trinajstić information content (AvgIpc) is 2.61. The van der Waals surface area contributed by atoms with E-state index >= 15 is 0 Å². The van der Waals surface area contributed by atoms with Crippen molar-refractivity contribution >= 4 is 24.2 Å². The first-order valence-corrected chi connectivity index (χ1v) is 5.89. The zero-order chi connectivity index (χ0) is 11.5. The minimum Gasteiger partial charge on any atom is -0.403 e. The molecule has 0 spiro atoms. The minimum absolute atomic E-state index is 0.267. The third-order valence-corrected chi connectivity index (χ3v) is 2.86. The van der Waals surface area contributed by atoms with Crippen LogP contribution in [0.5, 0.6) is 0 Å². The Hall–Kier alpha value is -0.545. The molecule has 3 nitrogen and oxygen atoms in total. The molecule has 1 aliphatic heterocycles. The largest absolute Gasteiger partial charge is 0.495 e. The van der Waals surface area contributed by atoms with Crippen molar-refractivity contribution in [2.24, 2.45) is 5.73 Å². The lowest BCUT2D eigenvalue weighted by atomic mass is 9.79. The standard InChI is InChI=1S/C11H15BClNO2/c1-2-3-11(14)16-12-10-5-4-9(13)6-8(10)7-15-12/h4-6,11H,2-3,7,14H2,1H3. The summed E-state index contributed by atoms with van der Waals surface area (Å²) in [6, 6.07) is 5.69. The van der Waals surface area contributed by atoms with Crippen molar-refractivity contribution in [3.05, 3.63) is 28.8 Å². The lowest BCUT2D eigenvalue weighted by Gasteiger charge is -2.15. The molecule has 1 aromatic carbocycles. The van der Waals surface area contributed by atoms with Crippen molar-refractivity contribution in [3.8, 4) is 0 Å². The molecular weight excluding hydrogens is 224 g/mol. The van der Waals surface area contributed by atoms with Gasteiger partial charge in [0.1, 0.15) is 0 Å². The maximum Gasteiger partial charge on any atom is 0.495 e. The van der Waals surface area contributed by atoms with Gasteiger partial charge >= 0.3 is 7.12 Å². The second-order valence-electron chi connectivity index (χ2n) is 3.95. The number of nitrogens with two attached hydrogens (primary N) is 1. The number of hydrogen-bond acceptors (Lipinski definition) is 3. The van der Waals surface area contributed by atoms with Gasteiger partial charge in [-0.3, -0.25) is 0 Å². The lowest BCUT2D eigenvalue weighted by molar-refractivity contribution is 0.143. The van der Waals surface area contributed by atoms with E-state index < -0.39 is 0 Å². The maximum absolute atomic E-state index is 5.91. The van der Waals surface area contributed by atoms with E-state index in [4.69, 9.17) is 26.6 Å². The molecule has 0 aromatic heterocycles. The molecule has 0 radical (unpaired) electrons. The minimum atomic E-state index is -0.339. The molecule has 0 bridgehead atoms. The van der Waals surface area contributed by atoms with Crippen LogP contribution in [-0.4, -0.2) is 13.3 Å². The topological polar surface area (TPSA) is 44.5 Å². The highest BCUT2D eigenvalue weighted by atomic mass is 35.5. The molecule has 16 heavy (non-hydrogen) atoms. The highest BCUT2D eigenvalue weighted by Crippen LogP contribution is 2.17. The van der Waals surface area contributed by atoms with E-state index in [0.717, 1.165) is 28.9 Å². The molecule has 1 heterocycles. The van der Waals surface area contributed by atoms with Crippen LogP contribution in [0.2, 0.25) is 5.02 Å². The Balaban J connectivity index is 2.06. The van der Waals surface area contributed by atoms with E-state index in [1.807, 2.05) is 18.2 Å². The first-order chi connectivity index (χ1) is 7.70. The van der Waals surface area contributed by atoms with E-state index in [0.29, 0.717) is 6.61 Å². The van der Waals surface area contributed by atoms with Crippen LogP contribution < -0.4 is 11.2 Å². The second kappa shape index (κ2) is 5.19. The maximum atomic E-state index is 5.91. The summed E-state index contributed by atoms with van der Waals surface area (Å²) in [5.74, 6) is 0. The van der Waals surface area contributed by atoms with Gasteiger partial charge in [0.25, 0.3) is 0 Å². The van der Waals surface area contributed by atoms with Gasteiger partial charge in [0, 0.05) is 5.02 Å². The zero-order valence-electron chi connectivity index (χ0n) is 9.28. The molecule has 0 amide bonds. The molecule has 1 unspecified atom stereocenters. The second-order valence-corrected chi connectivity index (χ2v) is 4.39. The smallest absolute Gasteiger partial charge is 0.403 e. The third kappa shape index (κ3) is 2.58. The first-order valence-electron chi connectivity index (χ1n) is 5.51. The summed E-state index contributed by atoms with van der Waals surface area (Å²) in [5.41, 5.74) is 7.95. The van der Waals surface area contributed by atoms with Crippen LogP contribution in [0.25, 0.3) is 0 Å². The molecule has 0 saturated carbocycles. The Morgan fingerprint density at radius 3 is 3.19 bits per heavy atom. The van der Waals surface area contributed by atoms with Crippen LogP contribution in [0.1, 0.15) is 25.3 Å². The van der Waals surface area contributed by atoms with E-state index in [9.17, 15) is 0 Å². The fourth-order valence-corrected chi connectivity index (χ4v) is 2.00. The van der Waals surface area contributed by atoms with Gasteiger partial charge in [-0.1, -0.05) is 31.0 Å². The number of benzene rings is 1. The van der Waals surface area contributed by atoms with Gasteiger partial charge in [0.2, 0.25) is 0 Å². The number of fused-ring (bicyclic) bond motifs is 1. The summed E-state index contributed by atoms with van der Waals surface area (Å²) in [6.07, 6.45) is 1.57. The highest BCUT2D eigenvalue weighted by Gasteiger charge is 2.32. The van der Waals surface area contributed by atoms with E-state index in [-0.39, 0.29) is 13.3 Å². The van der Waals surface area contributed by atoms with Gasteiger partial charge in [0.15, 0.2) is 0 Å². The molecule has 0 fully saturated rings. The average molecular weight is 240 g/mol. The van der Waals surface area contributed by atoms with Crippen molar-refractivity contribution < 1.29 is 9.31 Å². The summed E-state index contributed by atoms with van der Waals surface area (Å²) >= 11 is 5.91. The van der Waals surface area contributed by atoms with Crippen molar-refractivity contribution in [1.29, 1.82) is 0 Å². The molecule has 1 aromatic rings. The molecule has 1 aliphatic rings. The summed E-state index contributed by atoms with van der Waals surface area (Å²) in [4.78, 5) is 0. The van der Waals surface area contributed by atoms with E-state index in [1.54, 1.807) is 0 Å². The summed E-state index contributed by atoms with van der Waals surface area (Å²) in [7, 11) is -0.339. The van der Waals surface area contributed by atoms with E-state index in [1.165, 1.54) is 0 Å². The fraction of sp³-hybridized carbons (Fsp3) is 0.455.